The molecule has 1 aliphatic carbocycles. The van der Waals surface area contributed by atoms with Crippen LogP contribution in [0.25, 0.3) is 0 Å². The molecule has 0 aromatic heterocycles. The van der Waals surface area contributed by atoms with Gasteiger partial charge in [-0.05, 0) is 55.9 Å². The smallest absolute Gasteiger partial charge is 0.225 e. The lowest BCUT2D eigenvalue weighted by atomic mass is 9.75. The molecule has 0 bridgehead atoms. The van der Waals surface area contributed by atoms with Crippen molar-refractivity contribution in [3.05, 3.63) is 29.8 Å². The monoisotopic (exact) mass is 317 g/mol. The van der Waals surface area contributed by atoms with Crippen LogP contribution in [0.4, 0.5) is 5.69 Å². The highest BCUT2D eigenvalue weighted by atomic mass is 35.5. The summed E-state index contributed by atoms with van der Waals surface area (Å²) in [6.45, 7) is 0.630. The van der Waals surface area contributed by atoms with E-state index in [4.69, 9.17) is 16.9 Å². The Bertz CT molecular complexity index is 581. The molecule has 1 saturated carbocycles. The number of nitrogens with zero attached hydrogens (tertiary/aromatic N) is 1. The Morgan fingerprint density at radius 1 is 1.27 bits per heavy atom. The molecule has 1 aliphatic heterocycles. The fraction of sp³-hybridized carbons (Fsp3) is 0.529. The van der Waals surface area contributed by atoms with Gasteiger partial charge in [0, 0.05) is 23.7 Å². The van der Waals surface area contributed by atoms with Crippen molar-refractivity contribution in [3.8, 4) is 6.07 Å². The molecule has 22 heavy (non-hydrogen) atoms. The standard InChI is InChI=1S/C17H20ClN3O/c18-14-4-3-12-7-13(17(22)21-16(12)8-14)10-20-15-5-1-11(9-19)2-6-15/h1-2,5-6,12-14,16,20H,3-4,7-8,10H2,(H,21,22). The molecular formula is C17H20ClN3O. The van der Waals surface area contributed by atoms with Crippen molar-refractivity contribution in [1.29, 1.82) is 5.26 Å². The van der Waals surface area contributed by atoms with Gasteiger partial charge in [-0.3, -0.25) is 4.79 Å². The minimum absolute atomic E-state index is 0.00349. The molecular weight excluding hydrogens is 298 g/mol. The first kappa shape index (κ1) is 15.2. The number of hydrogen-bond acceptors (Lipinski definition) is 3. The number of rotatable bonds is 3. The van der Waals surface area contributed by atoms with Gasteiger partial charge in [0.2, 0.25) is 5.91 Å². The third-order valence-electron chi connectivity index (χ3n) is 4.78. The largest absolute Gasteiger partial charge is 0.384 e. The van der Waals surface area contributed by atoms with E-state index in [0.29, 0.717) is 18.0 Å². The zero-order valence-corrected chi connectivity index (χ0v) is 13.1. The fourth-order valence-corrected chi connectivity index (χ4v) is 3.81. The maximum atomic E-state index is 12.2. The number of carbonyl (C=O) groups is 1. The maximum absolute atomic E-state index is 12.2. The van der Waals surface area contributed by atoms with Crippen molar-refractivity contribution in [2.24, 2.45) is 11.8 Å². The van der Waals surface area contributed by atoms with E-state index >= 15 is 0 Å². The molecule has 2 aliphatic rings. The number of fused-ring (bicyclic) bond motifs is 1. The molecule has 4 unspecified atom stereocenters. The number of amides is 1. The molecule has 0 spiro atoms. The zero-order valence-electron chi connectivity index (χ0n) is 12.4. The van der Waals surface area contributed by atoms with Crippen LogP contribution in [-0.2, 0) is 4.79 Å². The van der Waals surface area contributed by atoms with E-state index in [0.717, 1.165) is 31.4 Å². The number of hydrogen-bond donors (Lipinski definition) is 2. The number of benzene rings is 1. The average Bonchev–Trinajstić information content (AvgIpc) is 2.53. The summed E-state index contributed by atoms with van der Waals surface area (Å²) in [5.41, 5.74) is 1.58. The Kier molecular flexibility index (Phi) is 4.54. The van der Waals surface area contributed by atoms with Crippen LogP contribution in [0.15, 0.2) is 24.3 Å². The number of anilines is 1. The van der Waals surface area contributed by atoms with Crippen LogP contribution in [0.3, 0.4) is 0 Å². The van der Waals surface area contributed by atoms with Crippen molar-refractivity contribution in [3.63, 3.8) is 0 Å². The van der Waals surface area contributed by atoms with E-state index in [1.165, 1.54) is 0 Å². The van der Waals surface area contributed by atoms with Crippen molar-refractivity contribution in [2.75, 3.05) is 11.9 Å². The van der Waals surface area contributed by atoms with Gasteiger partial charge in [0.05, 0.1) is 17.6 Å². The van der Waals surface area contributed by atoms with Crippen LogP contribution >= 0.6 is 11.6 Å². The van der Waals surface area contributed by atoms with Crippen LogP contribution in [0, 0.1) is 23.2 Å². The van der Waals surface area contributed by atoms with Crippen LogP contribution in [0.2, 0.25) is 0 Å². The lowest BCUT2D eigenvalue weighted by molar-refractivity contribution is -0.129. The Morgan fingerprint density at radius 2 is 2.05 bits per heavy atom. The highest BCUT2D eigenvalue weighted by Gasteiger charge is 2.38. The maximum Gasteiger partial charge on any atom is 0.225 e. The van der Waals surface area contributed by atoms with E-state index < -0.39 is 0 Å². The number of nitrogens with one attached hydrogen (secondary N) is 2. The number of alkyl halides is 1. The third kappa shape index (κ3) is 3.36. The van der Waals surface area contributed by atoms with E-state index in [2.05, 4.69) is 16.7 Å². The minimum atomic E-state index is 0.00349. The van der Waals surface area contributed by atoms with E-state index in [-0.39, 0.29) is 23.2 Å². The molecule has 4 nitrogen and oxygen atoms in total. The molecule has 4 atom stereocenters. The molecule has 3 rings (SSSR count). The van der Waals surface area contributed by atoms with E-state index in [9.17, 15) is 4.79 Å². The van der Waals surface area contributed by atoms with Crippen LogP contribution in [0.1, 0.15) is 31.2 Å². The number of halogens is 1. The predicted molar refractivity (Wildman–Crippen MR) is 86.7 cm³/mol. The molecule has 2 N–H and O–H groups in total. The number of piperidine rings is 1. The van der Waals surface area contributed by atoms with Gasteiger partial charge >= 0.3 is 0 Å². The highest BCUT2D eigenvalue weighted by molar-refractivity contribution is 6.20. The molecule has 116 valence electrons. The third-order valence-corrected chi connectivity index (χ3v) is 5.18. The van der Waals surface area contributed by atoms with Crippen LogP contribution in [0.5, 0.6) is 0 Å². The van der Waals surface area contributed by atoms with Gasteiger partial charge in [-0.2, -0.15) is 5.26 Å². The Labute approximate surface area is 135 Å². The second kappa shape index (κ2) is 6.58. The van der Waals surface area contributed by atoms with Gasteiger partial charge in [-0.15, -0.1) is 11.6 Å². The molecule has 2 fully saturated rings. The number of nitriles is 1. The van der Waals surface area contributed by atoms with Crippen molar-refractivity contribution in [1.82, 2.24) is 5.32 Å². The van der Waals surface area contributed by atoms with Gasteiger partial charge in [0.25, 0.3) is 0 Å². The molecule has 5 heteroatoms. The van der Waals surface area contributed by atoms with Gasteiger partial charge < -0.3 is 10.6 Å². The summed E-state index contributed by atoms with van der Waals surface area (Å²) in [5.74, 6) is 0.692. The van der Waals surface area contributed by atoms with E-state index in [1.54, 1.807) is 12.1 Å². The summed E-state index contributed by atoms with van der Waals surface area (Å²) < 4.78 is 0. The topological polar surface area (TPSA) is 64.9 Å². The van der Waals surface area contributed by atoms with Gasteiger partial charge in [-0.25, -0.2) is 0 Å². The first-order valence-corrected chi connectivity index (χ1v) is 8.28. The molecule has 1 heterocycles. The van der Waals surface area contributed by atoms with Crippen LogP contribution < -0.4 is 10.6 Å². The van der Waals surface area contributed by atoms with Crippen molar-refractivity contribution < 1.29 is 4.79 Å². The van der Waals surface area contributed by atoms with Crippen LogP contribution in [-0.4, -0.2) is 23.9 Å². The summed E-state index contributed by atoms with van der Waals surface area (Å²) in [4.78, 5) is 12.2. The lowest BCUT2D eigenvalue weighted by Gasteiger charge is -2.41. The Hall–Kier alpha value is -1.73. The summed E-state index contributed by atoms with van der Waals surface area (Å²) in [7, 11) is 0. The quantitative estimate of drug-likeness (QED) is 0.842. The van der Waals surface area contributed by atoms with Crippen molar-refractivity contribution in [2.45, 2.75) is 37.1 Å². The second-order valence-corrected chi connectivity index (χ2v) is 6.91. The average molecular weight is 318 g/mol. The SMILES string of the molecule is N#Cc1ccc(NCC2CC3CCC(Cl)CC3NC2=O)cc1. The summed E-state index contributed by atoms with van der Waals surface area (Å²) in [6.07, 6.45) is 3.98. The normalized spacial score (nSPS) is 30.8. The zero-order chi connectivity index (χ0) is 15.5. The summed E-state index contributed by atoms with van der Waals surface area (Å²) >= 11 is 6.20. The second-order valence-electron chi connectivity index (χ2n) is 6.29. The van der Waals surface area contributed by atoms with E-state index in [1.807, 2.05) is 12.1 Å². The molecule has 1 saturated heterocycles. The molecule has 1 amide bonds. The Balaban J connectivity index is 1.56. The van der Waals surface area contributed by atoms with Gasteiger partial charge in [0.1, 0.15) is 0 Å². The lowest BCUT2D eigenvalue weighted by Crippen LogP contribution is -2.53. The fourth-order valence-electron chi connectivity index (χ4n) is 3.49. The minimum Gasteiger partial charge on any atom is -0.384 e. The Morgan fingerprint density at radius 3 is 2.77 bits per heavy atom. The van der Waals surface area contributed by atoms with Gasteiger partial charge in [0.15, 0.2) is 0 Å². The van der Waals surface area contributed by atoms with Crippen molar-refractivity contribution >= 4 is 23.2 Å². The molecule has 1 aromatic carbocycles. The predicted octanol–water partition coefficient (Wildman–Crippen LogP) is 2.88. The molecule has 0 radical (unpaired) electrons. The summed E-state index contributed by atoms with van der Waals surface area (Å²) in [6, 6.07) is 9.67. The summed E-state index contributed by atoms with van der Waals surface area (Å²) in [5, 5.41) is 15.4. The van der Waals surface area contributed by atoms with Gasteiger partial charge in [-0.1, -0.05) is 0 Å². The highest BCUT2D eigenvalue weighted by Crippen LogP contribution is 2.35. The number of carbonyl (C=O) groups excluding carboxylic acids is 1. The first-order valence-electron chi connectivity index (χ1n) is 7.84. The molecule has 1 aromatic rings. The first-order chi connectivity index (χ1) is 10.7.